The zero-order valence-corrected chi connectivity index (χ0v) is 10.3. The average Bonchev–Trinajstić information content (AvgIpc) is 2.70. The number of halogens is 3. The first-order valence-corrected chi connectivity index (χ1v) is 6.19. The first kappa shape index (κ1) is 13.0. The van der Waals surface area contributed by atoms with Crippen LogP contribution in [0.1, 0.15) is 5.56 Å². The van der Waals surface area contributed by atoms with E-state index in [-0.39, 0.29) is 24.1 Å². The predicted molar refractivity (Wildman–Crippen MR) is 64.7 cm³/mol. The van der Waals surface area contributed by atoms with Crippen molar-refractivity contribution >= 4 is 23.2 Å². The van der Waals surface area contributed by atoms with Gasteiger partial charge in [0, 0.05) is 12.3 Å². The molecule has 0 aliphatic carbocycles. The van der Waals surface area contributed by atoms with Gasteiger partial charge < -0.3 is 5.32 Å². The second kappa shape index (κ2) is 5.05. The zero-order valence-electron chi connectivity index (χ0n) is 9.53. The lowest BCUT2D eigenvalue weighted by Crippen LogP contribution is -2.12. The van der Waals surface area contributed by atoms with Gasteiger partial charge in [0.15, 0.2) is 5.65 Å². The van der Waals surface area contributed by atoms with Crippen LogP contribution < -0.4 is 5.32 Å². The fraction of sp³-hybridized carbons (Fsp3) is 0.400. The van der Waals surface area contributed by atoms with Crippen molar-refractivity contribution in [1.29, 1.82) is 0 Å². The molecule has 0 amide bonds. The summed E-state index contributed by atoms with van der Waals surface area (Å²) in [5.41, 5.74) is -2.54. The van der Waals surface area contributed by atoms with Gasteiger partial charge in [-0.25, -0.2) is 4.98 Å². The number of alkyl halides is 3. The van der Waals surface area contributed by atoms with Gasteiger partial charge in [0.05, 0.1) is 0 Å². The van der Waals surface area contributed by atoms with E-state index in [0.717, 1.165) is 5.56 Å². The third kappa shape index (κ3) is 3.28. The standard InChI is InChI=1S/C10H11F3N4S/c1-7-4-8(14-2-3-18-10(11,12)13)17-9(5-7)15-6-16-17/h4-6,14H,2-3H2,1H3. The summed E-state index contributed by atoms with van der Waals surface area (Å²) in [4.78, 5) is 4.03. The van der Waals surface area contributed by atoms with Crippen LogP contribution in [-0.4, -0.2) is 32.4 Å². The minimum atomic E-state index is -4.18. The van der Waals surface area contributed by atoms with E-state index in [9.17, 15) is 13.2 Å². The third-order valence-corrected chi connectivity index (χ3v) is 2.93. The lowest BCUT2D eigenvalue weighted by Gasteiger charge is -2.09. The maximum absolute atomic E-state index is 12.0. The number of rotatable bonds is 4. The summed E-state index contributed by atoms with van der Waals surface area (Å²) in [6.45, 7) is 2.10. The second-order valence-corrected chi connectivity index (χ2v) is 4.83. The summed E-state index contributed by atoms with van der Waals surface area (Å²) in [5, 5.41) is 6.93. The number of pyridine rings is 1. The molecule has 0 bridgehead atoms. The number of nitrogens with one attached hydrogen (secondary N) is 1. The molecule has 2 heterocycles. The average molecular weight is 276 g/mol. The molecule has 0 aliphatic rings. The Bertz CT molecular complexity index is 537. The van der Waals surface area contributed by atoms with Crippen LogP contribution in [0, 0.1) is 6.92 Å². The Hall–Kier alpha value is -1.44. The molecule has 0 fully saturated rings. The largest absolute Gasteiger partial charge is 0.441 e. The number of hydrogen-bond donors (Lipinski definition) is 1. The molecule has 4 nitrogen and oxygen atoms in total. The number of thioether (sulfide) groups is 1. The van der Waals surface area contributed by atoms with E-state index >= 15 is 0 Å². The Morgan fingerprint density at radius 2 is 2.17 bits per heavy atom. The monoisotopic (exact) mass is 276 g/mol. The molecule has 0 unspecified atom stereocenters. The smallest absolute Gasteiger partial charge is 0.369 e. The normalized spacial score (nSPS) is 12.0. The van der Waals surface area contributed by atoms with Gasteiger partial charge in [-0.2, -0.15) is 22.8 Å². The van der Waals surface area contributed by atoms with Gasteiger partial charge in [-0.15, -0.1) is 0 Å². The number of nitrogens with zero attached hydrogens (tertiary/aromatic N) is 3. The van der Waals surface area contributed by atoms with Gasteiger partial charge >= 0.3 is 5.51 Å². The van der Waals surface area contributed by atoms with Crippen LogP contribution in [-0.2, 0) is 0 Å². The fourth-order valence-corrected chi connectivity index (χ4v) is 1.96. The molecule has 18 heavy (non-hydrogen) atoms. The van der Waals surface area contributed by atoms with Crippen LogP contribution in [0.4, 0.5) is 19.0 Å². The van der Waals surface area contributed by atoms with Crippen molar-refractivity contribution in [2.24, 2.45) is 0 Å². The summed E-state index contributed by atoms with van der Waals surface area (Å²) in [6.07, 6.45) is 1.41. The Balaban J connectivity index is 2.01. The molecule has 8 heteroatoms. The van der Waals surface area contributed by atoms with Crippen molar-refractivity contribution in [3.8, 4) is 0 Å². The zero-order chi connectivity index (χ0) is 13.2. The Kier molecular flexibility index (Phi) is 3.65. The lowest BCUT2D eigenvalue weighted by molar-refractivity contribution is -0.0327. The van der Waals surface area contributed by atoms with Gasteiger partial charge in [-0.1, -0.05) is 0 Å². The van der Waals surface area contributed by atoms with Crippen LogP contribution in [0.5, 0.6) is 0 Å². The molecule has 2 rings (SSSR count). The molecule has 2 aromatic rings. The van der Waals surface area contributed by atoms with Gasteiger partial charge in [-0.05, 0) is 36.4 Å². The van der Waals surface area contributed by atoms with Crippen LogP contribution in [0.2, 0.25) is 0 Å². The molecular formula is C10H11F3N4S. The summed E-state index contributed by atoms with van der Waals surface area (Å²) in [7, 11) is 0. The molecule has 0 aromatic carbocycles. The Labute approximate surface area is 106 Å². The maximum Gasteiger partial charge on any atom is 0.441 e. The van der Waals surface area contributed by atoms with Gasteiger partial charge in [0.1, 0.15) is 12.1 Å². The molecule has 0 radical (unpaired) electrons. The third-order valence-electron chi connectivity index (χ3n) is 2.20. The minimum Gasteiger partial charge on any atom is -0.369 e. The first-order chi connectivity index (χ1) is 8.46. The molecule has 1 N–H and O–H groups in total. The molecule has 0 spiro atoms. The van der Waals surface area contributed by atoms with E-state index in [1.807, 2.05) is 19.1 Å². The molecule has 0 aliphatic heterocycles. The van der Waals surface area contributed by atoms with Crippen LogP contribution in [0.3, 0.4) is 0 Å². The number of aryl methyl sites for hydroxylation is 1. The predicted octanol–water partition coefficient (Wildman–Crippen LogP) is 2.70. The molecule has 0 atom stereocenters. The van der Waals surface area contributed by atoms with Crippen LogP contribution >= 0.6 is 11.8 Å². The fourth-order valence-electron chi connectivity index (χ4n) is 1.53. The highest BCUT2D eigenvalue weighted by atomic mass is 32.2. The highest BCUT2D eigenvalue weighted by Crippen LogP contribution is 2.29. The second-order valence-electron chi connectivity index (χ2n) is 3.67. The van der Waals surface area contributed by atoms with Crippen molar-refractivity contribution in [3.63, 3.8) is 0 Å². The highest BCUT2D eigenvalue weighted by Gasteiger charge is 2.27. The van der Waals surface area contributed by atoms with Crippen molar-refractivity contribution < 1.29 is 13.2 Å². The molecule has 98 valence electrons. The molecular weight excluding hydrogens is 265 g/mol. The Morgan fingerprint density at radius 3 is 2.89 bits per heavy atom. The number of fused-ring (bicyclic) bond motifs is 1. The summed E-state index contributed by atoms with van der Waals surface area (Å²) >= 11 is -0.0433. The van der Waals surface area contributed by atoms with Crippen molar-refractivity contribution in [3.05, 3.63) is 24.0 Å². The summed E-state index contributed by atoms with van der Waals surface area (Å²) in [5.74, 6) is 0.596. The van der Waals surface area contributed by atoms with E-state index in [1.54, 1.807) is 4.52 Å². The summed E-state index contributed by atoms with van der Waals surface area (Å²) in [6, 6.07) is 3.67. The van der Waals surface area contributed by atoms with Gasteiger partial charge in [0.25, 0.3) is 0 Å². The number of aromatic nitrogens is 3. The van der Waals surface area contributed by atoms with Crippen molar-refractivity contribution in [2.75, 3.05) is 17.6 Å². The number of anilines is 1. The van der Waals surface area contributed by atoms with Crippen LogP contribution in [0.25, 0.3) is 5.65 Å². The Morgan fingerprint density at radius 1 is 1.39 bits per heavy atom. The topological polar surface area (TPSA) is 42.2 Å². The minimum absolute atomic E-state index is 0.0433. The lowest BCUT2D eigenvalue weighted by atomic mass is 10.3. The highest BCUT2D eigenvalue weighted by molar-refractivity contribution is 8.00. The van der Waals surface area contributed by atoms with Crippen molar-refractivity contribution in [2.45, 2.75) is 12.4 Å². The SMILES string of the molecule is Cc1cc(NCCSC(F)(F)F)n2ncnc2c1. The molecule has 0 saturated heterocycles. The van der Waals surface area contributed by atoms with E-state index in [1.165, 1.54) is 6.33 Å². The molecule has 2 aromatic heterocycles. The maximum atomic E-state index is 12.0. The molecule has 0 saturated carbocycles. The van der Waals surface area contributed by atoms with E-state index < -0.39 is 5.51 Å². The van der Waals surface area contributed by atoms with Gasteiger partial charge in [-0.3, -0.25) is 0 Å². The number of hydrogen-bond acceptors (Lipinski definition) is 4. The van der Waals surface area contributed by atoms with E-state index in [4.69, 9.17) is 0 Å². The van der Waals surface area contributed by atoms with Crippen molar-refractivity contribution in [1.82, 2.24) is 14.6 Å². The first-order valence-electron chi connectivity index (χ1n) is 5.21. The van der Waals surface area contributed by atoms with E-state index in [2.05, 4.69) is 15.4 Å². The van der Waals surface area contributed by atoms with Gasteiger partial charge in [0.2, 0.25) is 0 Å². The summed E-state index contributed by atoms with van der Waals surface area (Å²) < 4.78 is 37.4. The van der Waals surface area contributed by atoms with E-state index in [0.29, 0.717) is 11.5 Å². The quantitative estimate of drug-likeness (QED) is 0.872. The van der Waals surface area contributed by atoms with Crippen LogP contribution in [0.15, 0.2) is 18.5 Å².